The highest BCUT2D eigenvalue weighted by atomic mass is 16.5. The number of carbonyl (C=O) groups is 2. The summed E-state index contributed by atoms with van der Waals surface area (Å²) in [7, 11) is 0. The van der Waals surface area contributed by atoms with E-state index in [2.05, 4.69) is 43.5 Å². The molecule has 0 radical (unpaired) electrons. The predicted molar refractivity (Wildman–Crippen MR) is 273 cm³/mol. The van der Waals surface area contributed by atoms with E-state index in [9.17, 15) is 19.8 Å². The van der Waals surface area contributed by atoms with Crippen molar-refractivity contribution < 1.29 is 24.5 Å². The standard InChI is InChI=1S/C57H109NO5/c1-3-5-7-9-11-13-15-17-19-21-22-24-26-28-30-35-39-43-47-51-57(62)63-52-48-44-40-36-32-31-34-38-42-46-50-56(61)58-54(53-59)55(60)49-45-41-37-33-29-27-25-23-20-18-16-14-12-10-8-6-4-2/h11,13,17,19,54-55,59-60H,3-10,12,14-16,18,20-53H2,1-2H3,(H,58,61)/b13-11-,19-17-. The number of aliphatic hydroxyl groups is 2. The molecule has 0 aromatic rings. The van der Waals surface area contributed by atoms with Crippen LogP contribution in [0.3, 0.4) is 0 Å². The molecule has 0 heterocycles. The summed E-state index contributed by atoms with van der Waals surface area (Å²) in [5.74, 6) is -0.0782. The first kappa shape index (κ1) is 61.3. The van der Waals surface area contributed by atoms with Crippen LogP contribution in [0.15, 0.2) is 24.3 Å². The van der Waals surface area contributed by atoms with Crippen molar-refractivity contribution in [2.45, 2.75) is 315 Å². The van der Waals surface area contributed by atoms with E-state index in [0.29, 0.717) is 25.9 Å². The smallest absolute Gasteiger partial charge is 0.305 e. The lowest BCUT2D eigenvalue weighted by atomic mass is 10.0. The van der Waals surface area contributed by atoms with Crippen molar-refractivity contribution in [3.05, 3.63) is 24.3 Å². The van der Waals surface area contributed by atoms with Crippen molar-refractivity contribution in [1.29, 1.82) is 0 Å². The van der Waals surface area contributed by atoms with E-state index < -0.39 is 12.1 Å². The highest BCUT2D eigenvalue weighted by Crippen LogP contribution is 2.17. The highest BCUT2D eigenvalue weighted by Gasteiger charge is 2.20. The second-order valence-electron chi connectivity index (χ2n) is 19.3. The van der Waals surface area contributed by atoms with Gasteiger partial charge in [0.2, 0.25) is 5.91 Å². The number of ether oxygens (including phenoxy) is 1. The van der Waals surface area contributed by atoms with E-state index in [0.717, 1.165) is 64.2 Å². The Balaban J connectivity index is 3.46. The lowest BCUT2D eigenvalue weighted by Crippen LogP contribution is -2.45. The summed E-state index contributed by atoms with van der Waals surface area (Å²) in [6, 6.07) is -0.559. The predicted octanol–water partition coefficient (Wildman–Crippen LogP) is 17.1. The van der Waals surface area contributed by atoms with Crippen molar-refractivity contribution >= 4 is 11.9 Å². The highest BCUT2D eigenvalue weighted by molar-refractivity contribution is 5.76. The Bertz CT molecular complexity index is 982. The van der Waals surface area contributed by atoms with Gasteiger partial charge in [-0.1, -0.05) is 256 Å². The quantitative estimate of drug-likeness (QED) is 0.0321. The second kappa shape index (κ2) is 53.0. The van der Waals surface area contributed by atoms with Gasteiger partial charge < -0.3 is 20.3 Å². The molecule has 372 valence electrons. The molecule has 2 unspecified atom stereocenters. The van der Waals surface area contributed by atoms with Gasteiger partial charge in [-0.15, -0.1) is 0 Å². The number of hydrogen-bond acceptors (Lipinski definition) is 5. The minimum Gasteiger partial charge on any atom is -0.466 e. The van der Waals surface area contributed by atoms with Crippen LogP contribution in [0, 0.1) is 0 Å². The number of amides is 1. The Morgan fingerprint density at radius 3 is 1.24 bits per heavy atom. The number of esters is 1. The normalized spacial score (nSPS) is 12.8. The molecule has 0 spiro atoms. The fourth-order valence-corrected chi connectivity index (χ4v) is 8.67. The van der Waals surface area contributed by atoms with Gasteiger partial charge in [0, 0.05) is 12.8 Å². The molecule has 3 N–H and O–H groups in total. The zero-order chi connectivity index (χ0) is 45.8. The molecule has 6 nitrogen and oxygen atoms in total. The van der Waals surface area contributed by atoms with Gasteiger partial charge in [-0.2, -0.15) is 0 Å². The summed E-state index contributed by atoms with van der Waals surface area (Å²) in [6.45, 7) is 4.89. The van der Waals surface area contributed by atoms with Crippen LogP contribution < -0.4 is 5.32 Å². The number of rotatable bonds is 52. The minimum atomic E-state index is -0.679. The lowest BCUT2D eigenvalue weighted by molar-refractivity contribution is -0.143. The van der Waals surface area contributed by atoms with Gasteiger partial charge in [-0.05, 0) is 57.8 Å². The molecule has 0 aliphatic carbocycles. The molecule has 0 aromatic heterocycles. The zero-order valence-corrected chi connectivity index (χ0v) is 42.3. The molecule has 1 amide bonds. The number of allylic oxidation sites excluding steroid dienone is 4. The average Bonchev–Trinajstić information content (AvgIpc) is 3.28. The molecule has 0 fully saturated rings. The van der Waals surface area contributed by atoms with Crippen molar-refractivity contribution in [2.24, 2.45) is 0 Å². The van der Waals surface area contributed by atoms with Crippen molar-refractivity contribution in [1.82, 2.24) is 5.32 Å². The maximum Gasteiger partial charge on any atom is 0.305 e. The van der Waals surface area contributed by atoms with Crippen molar-refractivity contribution in [3.63, 3.8) is 0 Å². The fourth-order valence-electron chi connectivity index (χ4n) is 8.67. The number of carbonyl (C=O) groups excluding carboxylic acids is 2. The minimum absolute atomic E-state index is 0.0220. The first-order valence-electron chi connectivity index (χ1n) is 28.1. The SMILES string of the molecule is CCCCC/C=C\C/C=C\CCCCCCCCCCCC(=O)OCCCCCCCCCCCCC(=O)NC(CO)C(O)CCCCCCCCCCCCCCCCCCC. The summed E-state index contributed by atoms with van der Waals surface area (Å²) >= 11 is 0. The van der Waals surface area contributed by atoms with Gasteiger partial charge in [-0.3, -0.25) is 9.59 Å². The Kier molecular flexibility index (Phi) is 51.6. The van der Waals surface area contributed by atoms with E-state index in [1.54, 1.807) is 0 Å². The first-order valence-corrected chi connectivity index (χ1v) is 28.1. The van der Waals surface area contributed by atoms with Gasteiger partial charge in [0.05, 0.1) is 25.4 Å². The molecule has 0 aliphatic heterocycles. The number of nitrogens with one attached hydrogen (secondary N) is 1. The van der Waals surface area contributed by atoms with Crippen LogP contribution in [0.5, 0.6) is 0 Å². The second-order valence-corrected chi connectivity index (χ2v) is 19.3. The van der Waals surface area contributed by atoms with Crippen molar-refractivity contribution in [2.75, 3.05) is 13.2 Å². The molecule has 6 heteroatoms. The monoisotopic (exact) mass is 888 g/mol. The fraction of sp³-hybridized carbons (Fsp3) is 0.895. The molecule has 0 saturated carbocycles. The Morgan fingerprint density at radius 2 is 0.794 bits per heavy atom. The maximum atomic E-state index is 12.5. The van der Waals surface area contributed by atoms with Crippen LogP contribution in [-0.4, -0.2) is 47.4 Å². The summed E-state index contributed by atoms with van der Waals surface area (Å²) in [6.07, 6.45) is 62.9. The van der Waals surface area contributed by atoms with Gasteiger partial charge in [-0.25, -0.2) is 0 Å². The molecule has 0 bridgehead atoms. The van der Waals surface area contributed by atoms with Gasteiger partial charge in [0.15, 0.2) is 0 Å². The van der Waals surface area contributed by atoms with Crippen LogP contribution in [-0.2, 0) is 14.3 Å². The van der Waals surface area contributed by atoms with Crippen LogP contribution in [0.2, 0.25) is 0 Å². The third-order valence-corrected chi connectivity index (χ3v) is 13.0. The molecular weight excluding hydrogens is 779 g/mol. The molecular formula is C57H109NO5. The van der Waals surface area contributed by atoms with E-state index in [-0.39, 0.29) is 18.5 Å². The zero-order valence-electron chi connectivity index (χ0n) is 42.3. The summed E-state index contributed by atoms with van der Waals surface area (Å²) in [4.78, 5) is 24.6. The molecule has 0 rings (SSSR count). The van der Waals surface area contributed by atoms with Crippen LogP contribution in [0.1, 0.15) is 303 Å². The van der Waals surface area contributed by atoms with Gasteiger partial charge >= 0.3 is 5.97 Å². The molecule has 0 saturated heterocycles. The van der Waals surface area contributed by atoms with Crippen LogP contribution in [0.25, 0.3) is 0 Å². The summed E-state index contributed by atoms with van der Waals surface area (Å²) in [5.41, 5.74) is 0. The van der Waals surface area contributed by atoms with E-state index >= 15 is 0 Å². The van der Waals surface area contributed by atoms with Gasteiger partial charge in [0.25, 0.3) is 0 Å². The average molecular weight is 889 g/mol. The number of hydrogen-bond donors (Lipinski definition) is 3. The molecule has 0 aliphatic rings. The lowest BCUT2D eigenvalue weighted by Gasteiger charge is -2.22. The third kappa shape index (κ3) is 49.6. The number of aliphatic hydroxyl groups excluding tert-OH is 2. The van der Waals surface area contributed by atoms with Gasteiger partial charge in [0.1, 0.15) is 0 Å². The van der Waals surface area contributed by atoms with Crippen LogP contribution in [0.4, 0.5) is 0 Å². The Hall–Kier alpha value is -1.66. The van der Waals surface area contributed by atoms with E-state index in [1.807, 2.05) is 0 Å². The molecule has 63 heavy (non-hydrogen) atoms. The van der Waals surface area contributed by atoms with Crippen LogP contribution >= 0.6 is 0 Å². The molecule has 2 atom stereocenters. The first-order chi connectivity index (χ1) is 31.0. The van der Waals surface area contributed by atoms with E-state index in [1.165, 1.54) is 205 Å². The Morgan fingerprint density at radius 1 is 0.444 bits per heavy atom. The molecule has 0 aromatic carbocycles. The summed E-state index contributed by atoms with van der Waals surface area (Å²) < 4.78 is 5.47. The maximum absolute atomic E-state index is 12.5. The summed E-state index contributed by atoms with van der Waals surface area (Å²) in [5, 5.41) is 23.3. The van der Waals surface area contributed by atoms with E-state index in [4.69, 9.17) is 4.74 Å². The number of unbranched alkanes of at least 4 members (excludes halogenated alkanes) is 37. The topological polar surface area (TPSA) is 95.9 Å². The Labute approximate surface area is 392 Å². The van der Waals surface area contributed by atoms with Crippen molar-refractivity contribution in [3.8, 4) is 0 Å². The largest absolute Gasteiger partial charge is 0.466 e. The third-order valence-electron chi connectivity index (χ3n) is 13.0.